The molecule has 2 aliphatic carbocycles. The maximum Gasteiger partial charge on any atom is 0.573 e. The second-order valence-corrected chi connectivity index (χ2v) is 8.83. The van der Waals surface area contributed by atoms with E-state index in [4.69, 9.17) is 0 Å². The highest BCUT2D eigenvalue weighted by molar-refractivity contribution is 5.85. The molecule has 2 aliphatic rings. The lowest BCUT2D eigenvalue weighted by molar-refractivity contribution is -0.275. The van der Waals surface area contributed by atoms with Crippen LogP contribution in [0.4, 0.5) is 17.6 Å². The van der Waals surface area contributed by atoms with Gasteiger partial charge in [0.2, 0.25) is 0 Å². The van der Waals surface area contributed by atoms with E-state index < -0.39 is 17.9 Å². The van der Waals surface area contributed by atoms with Gasteiger partial charge in [0.05, 0.1) is 0 Å². The smallest absolute Gasteiger partial charge is 0.403 e. The highest BCUT2D eigenvalue weighted by Gasteiger charge is 2.33. The molecule has 0 saturated heterocycles. The zero-order valence-corrected chi connectivity index (χ0v) is 16.8. The van der Waals surface area contributed by atoms with Crippen LogP contribution in [-0.2, 0) is 4.79 Å². The molecular formula is C24H26F4O2. The molecule has 0 atom stereocenters. The van der Waals surface area contributed by atoms with Crippen molar-refractivity contribution >= 4 is 17.1 Å². The van der Waals surface area contributed by atoms with Gasteiger partial charge in [0, 0.05) is 11.3 Å². The predicted molar refractivity (Wildman–Crippen MR) is 107 cm³/mol. The Morgan fingerprint density at radius 3 is 2.10 bits per heavy atom. The van der Waals surface area contributed by atoms with E-state index in [9.17, 15) is 22.4 Å². The van der Waals surface area contributed by atoms with Gasteiger partial charge in [-0.25, -0.2) is 4.39 Å². The van der Waals surface area contributed by atoms with E-state index >= 15 is 0 Å². The van der Waals surface area contributed by atoms with Crippen LogP contribution < -0.4 is 4.74 Å². The zero-order valence-electron chi connectivity index (χ0n) is 16.8. The maximum atomic E-state index is 14.4. The zero-order chi connectivity index (χ0) is 21.3. The van der Waals surface area contributed by atoms with Crippen molar-refractivity contribution in [2.45, 2.75) is 63.6 Å². The first kappa shape index (κ1) is 21.1. The first-order valence-electron chi connectivity index (χ1n) is 10.8. The maximum absolute atomic E-state index is 14.4. The molecule has 0 heterocycles. The summed E-state index contributed by atoms with van der Waals surface area (Å²) in [6.07, 6.45) is 4.98. The summed E-state index contributed by atoms with van der Waals surface area (Å²) in [5.41, 5.74) is 1.12. The minimum Gasteiger partial charge on any atom is -0.403 e. The quantitative estimate of drug-likeness (QED) is 0.386. The molecule has 2 aromatic rings. The molecule has 2 fully saturated rings. The van der Waals surface area contributed by atoms with Crippen LogP contribution in [0.25, 0.3) is 10.8 Å². The van der Waals surface area contributed by atoms with E-state index in [-0.39, 0.29) is 11.3 Å². The van der Waals surface area contributed by atoms with Crippen molar-refractivity contribution in [3.63, 3.8) is 0 Å². The Bertz CT molecular complexity index is 892. The summed E-state index contributed by atoms with van der Waals surface area (Å²) < 4.78 is 55.5. The largest absolute Gasteiger partial charge is 0.573 e. The number of hydrogen-bond acceptors (Lipinski definition) is 2. The van der Waals surface area contributed by atoms with Crippen LogP contribution in [0.1, 0.15) is 62.8 Å². The van der Waals surface area contributed by atoms with Gasteiger partial charge >= 0.3 is 6.36 Å². The Morgan fingerprint density at radius 2 is 1.50 bits per heavy atom. The molecule has 162 valence electrons. The van der Waals surface area contributed by atoms with Gasteiger partial charge < -0.3 is 9.53 Å². The predicted octanol–water partition coefficient (Wildman–Crippen LogP) is 7.16. The topological polar surface area (TPSA) is 26.3 Å². The van der Waals surface area contributed by atoms with Gasteiger partial charge in [-0.2, -0.15) is 0 Å². The van der Waals surface area contributed by atoms with E-state index in [0.717, 1.165) is 75.2 Å². The van der Waals surface area contributed by atoms with Gasteiger partial charge in [-0.05, 0) is 86.1 Å². The molecule has 30 heavy (non-hydrogen) atoms. The second kappa shape index (κ2) is 8.56. The van der Waals surface area contributed by atoms with E-state index in [1.807, 2.05) is 12.1 Å². The van der Waals surface area contributed by atoms with Crippen molar-refractivity contribution in [1.29, 1.82) is 0 Å². The monoisotopic (exact) mass is 422 g/mol. The Morgan fingerprint density at radius 1 is 0.867 bits per heavy atom. The fourth-order valence-corrected chi connectivity index (χ4v) is 5.42. The number of rotatable bonds is 4. The molecule has 2 aromatic carbocycles. The van der Waals surface area contributed by atoms with Gasteiger partial charge in [-0.3, -0.25) is 0 Å². The number of aldehydes is 1. The van der Waals surface area contributed by atoms with Crippen LogP contribution in [0.15, 0.2) is 30.3 Å². The van der Waals surface area contributed by atoms with E-state index in [0.29, 0.717) is 17.2 Å². The second-order valence-electron chi connectivity index (χ2n) is 8.83. The third-order valence-corrected chi connectivity index (χ3v) is 7.09. The molecule has 0 radical (unpaired) electrons. The van der Waals surface area contributed by atoms with E-state index in [1.54, 1.807) is 6.07 Å². The summed E-state index contributed by atoms with van der Waals surface area (Å²) in [6, 6.07) is 7.83. The molecule has 0 N–H and O–H groups in total. The highest BCUT2D eigenvalue weighted by atomic mass is 19.4. The lowest BCUT2D eigenvalue weighted by Crippen LogP contribution is -2.25. The van der Waals surface area contributed by atoms with Gasteiger partial charge in [-0.1, -0.05) is 24.3 Å². The minimum atomic E-state index is -4.92. The lowest BCUT2D eigenvalue weighted by atomic mass is 9.68. The Kier molecular flexibility index (Phi) is 6.03. The fraction of sp³-hybridized carbons (Fsp3) is 0.542. The summed E-state index contributed by atoms with van der Waals surface area (Å²) in [4.78, 5) is 11.0. The van der Waals surface area contributed by atoms with Crippen LogP contribution in [-0.4, -0.2) is 12.6 Å². The van der Waals surface area contributed by atoms with Crippen molar-refractivity contribution in [3.05, 3.63) is 41.7 Å². The summed E-state index contributed by atoms with van der Waals surface area (Å²) >= 11 is 0. The average molecular weight is 422 g/mol. The molecule has 0 aromatic heterocycles. The summed E-state index contributed by atoms with van der Waals surface area (Å²) in [5, 5.41) is 0.731. The number of ether oxygens (including phenoxy) is 1. The SMILES string of the molecule is O=CC1CCC(C2CCC(c3ccc4c(F)c(OC(F)(F)F)ccc4c3)CC2)CC1. The van der Waals surface area contributed by atoms with Crippen molar-refractivity contribution in [3.8, 4) is 5.75 Å². The van der Waals surface area contributed by atoms with Crippen LogP contribution in [0.3, 0.4) is 0 Å². The molecule has 0 bridgehead atoms. The third kappa shape index (κ3) is 4.62. The van der Waals surface area contributed by atoms with E-state index in [2.05, 4.69) is 4.74 Å². The van der Waals surface area contributed by atoms with Crippen LogP contribution >= 0.6 is 0 Å². The van der Waals surface area contributed by atoms with Crippen molar-refractivity contribution in [2.24, 2.45) is 17.8 Å². The number of halogens is 4. The first-order valence-corrected chi connectivity index (χ1v) is 10.8. The normalized spacial score (nSPS) is 27.7. The molecule has 0 unspecified atom stereocenters. The van der Waals surface area contributed by atoms with Gasteiger partial charge in [-0.15, -0.1) is 13.2 Å². The molecule has 4 rings (SSSR count). The van der Waals surface area contributed by atoms with Crippen molar-refractivity contribution in [1.82, 2.24) is 0 Å². The molecular weight excluding hydrogens is 396 g/mol. The number of alkyl halides is 3. The molecule has 0 amide bonds. The van der Waals surface area contributed by atoms with Crippen molar-refractivity contribution in [2.75, 3.05) is 0 Å². The molecule has 2 saturated carbocycles. The van der Waals surface area contributed by atoms with Crippen LogP contribution in [0.5, 0.6) is 5.75 Å². The number of carbonyl (C=O) groups is 1. The molecule has 6 heteroatoms. The lowest BCUT2D eigenvalue weighted by Gasteiger charge is -2.37. The summed E-state index contributed by atoms with van der Waals surface area (Å²) in [5.74, 6) is 0.302. The van der Waals surface area contributed by atoms with Crippen molar-refractivity contribution < 1.29 is 27.1 Å². The standard InChI is InChI=1S/C24H26F4O2/c25-23-21-11-9-19(13-20(21)10-12-22(23)30-24(26,27)28)18-7-5-17(6-8-18)16-3-1-15(14-29)2-4-16/h9-18H,1-8H2. The molecule has 2 nitrogen and oxygen atoms in total. The third-order valence-electron chi connectivity index (χ3n) is 7.09. The van der Waals surface area contributed by atoms with Crippen LogP contribution in [0.2, 0.25) is 0 Å². The fourth-order valence-electron chi connectivity index (χ4n) is 5.42. The highest BCUT2D eigenvalue weighted by Crippen LogP contribution is 2.44. The van der Waals surface area contributed by atoms with Gasteiger partial charge in [0.1, 0.15) is 6.29 Å². The molecule has 0 spiro atoms. The average Bonchev–Trinajstić information content (AvgIpc) is 2.75. The number of benzene rings is 2. The number of hydrogen-bond donors (Lipinski definition) is 0. The number of carbonyl (C=O) groups excluding carboxylic acids is 1. The minimum absolute atomic E-state index is 0.140. The van der Waals surface area contributed by atoms with Crippen LogP contribution in [0, 0.1) is 23.6 Å². The van der Waals surface area contributed by atoms with Gasteiger partial charge in [0.25, 0.3) is 0 Å². The summed E-state index contributed by atoms with van der Waals surface area (Å²) in [7, 11) is 0. The Balaban J connectivity index is 1.42. The Labute approximate surface area is 173 Å². The molecule has 0 aliphatic heterocycles. The van der Waals surface area contributed by atoms with Gasteiger partial charge in [0.15, 0.2) is 11.6 Å². The summed E-state index contributed by atoms with van der Waals surface area (Å²) in [6.45, 7) is 0. The number of fused-ring (bicyclic) bond motifs is 1. The Hall–Kier alpha value is -2.11. The first-order chi connectivity index (χ1) is 14.3. The van der Waals surface area contributed by atoms with E-state index in [1.165, 1.54) is 6.07 Å².